The molecule has 0 aromatic carbocycles. The minimum atomic E-state index is -0.447. The molecule has 1 heterocycles. The molecule has 0 bridgehead atoms. The van der Waals surface area contributed by atoms with Crippen LogP contribution < -0.4 is 10.6 Å². The normalized spacial score (nSPS) is 22.7. The molecule has 0 saturated carbocycles. The third-order valence-electron chi connectivity index (χ3n) is 3.41. The predicted molar refractivity (Wildman–Crippen MR) is 78.2 cm³/mol. The van der Waals surface area contributed by atoms with Gasteiger partial charge in [-0.1, -0.05) is 20.8 Å². The molecule has 112 valence electrons. The van der Waals surface area contributed by atoms with Crippen molar-refractivity contribution in [1.29, 1.82) is 0 Å². The number of hydrogen-bond acceptors (Lipinski definition) is 3. The summed E-state index contributed by atoms with van der Waals surface area (Å²) in [5, 5.41) is 6.50. The number of nitrogens with one attached hydrogen (secondary N) is 2. The van der Waals surface area contributed by atoms with Gasteiger partial charge in [-0.05, 0) is 58.0 Å². The zero-order valence-electron chi connectivity index (χ0n) is 13.3. The maximum Gasteiger partial charge on any atom is 0.407 e. The zero-order valence-corrected chi connectivity index (χ0v) is 13.3. The van der Waals surface area contributed by atoms with Gasteiger partial charge in [-0.15, -0.1) is 0 Å². The van der Waals surface area contributed by atoms with Gasteiger partial charge in [0.15, 0.2) is 0 Å². The summed E-state index contributed by atoms with van der Waals surface area (Å²) in [6, 6.07) is 0.134. The first-order chi connectivity index (χ1) is 8.59. The fraction of sp³-hybridized carbons (Fsp3) is 0.933. The molecular formula is C15H30N2O2. The molecule has 1 saturated heterocycles. The van der Waals surface area contributed by atoms with Crippen molar-refractivity contribution in [2.75, 3.05) is 13.1 Å². The fourth-order valence-electron chi connectivity index (χ4n) is 2.64. The minimum Gasteiger partial charge on any atom is -0.444 e. The summed E-state index contributed by atoms with van der Waals surface area (Å²) in [5.74, 6) is 0.473. The van der Waals surface area contributed by atoms with E-state index in [2.05, 4.69) is 31.4 Å². The molecule has 0 aromatic rings. The van der Waals surface area contributed by atoms with Crippen LogP contribution in [0.3, 0.4) is 0 Å². The van der Waals surface area contributed by atoms with Gasteiger partial charge in [0, 0.05) is 6.04 Å². The van der Waals surface area contributed by atoms with Crippen molar-refractivity contribution in [3.63, 3.8) is 0 Å². The topological polar surface area (TPSA) is 50.4 Å². The molecule has 2 unspecified atom stereocenters. The Kier molecular flexibility index (Phi) is 5.25. The fourth-order valence-corrected chi connectivity index (χ4v) is 2.64. The van der Waals surface area contributed by atoms with E-state index in [9.17, 15) is 4.79 Å². The Labute approximate surface area is 117 Å². The molecule has 19 heavy (non-hydrogen) atoms. The van der Waals surface area contributed by atoms with E-state index < -0.39 is 5.60 Å². The Balaban J connectivity index is 2.67. The Morgan fingerprint density at radius 2 is 1.89 bits per heavy atom. The zero-order chi connectivity index (χ0) is 14.7. The Bertz CT molecular complexity index is 296. The summed E-state index contributed by atoms with van der Waals surface area (Å²) in [6.45, 7) is 14.2. The van der Waals surface area contributed by atoms with E-state index in [1.54, 1.807) is 0 Å². The van der Waals surface area contributed by atoms with Crippen molar-refractivity contribution in [2.24, 2.45) is 11.3 Å². The van der Waals surface area contributed by atoms with E-state index in [1.165, 1.54) is 6.42 Å². The molecule has 1 rings (SSSR count). The Morgan fingerprint density at radius 3 is 2.32 bits per heavy atom. The van der Waals surface area contributed by atoms with E-state index in [1.807, 2.05) is 20.8 Å². The number of carbonyl (C=O) groups excluding carboxylic acids is 1. The van der Waals surface area contributed by atoms with Gasteiger partial charge in [-0.2, -0.15) is 0 Å². The first kappa shape index (κ1) is 16.3. The van der Waals surface area contributed by atoms with Crippen LogP contribution in [0.4, 0.5) is 4.79 Å². The van der Waals surface area contributed by atoms with Gasteiger partial charge in [0.1, 0.15) is 5.60 Å². The van der Waals surface area contributed by atoms with E-state index in [-0.39, 0.29) is 17.6 Å². The Hall–Kier alpha value is -0.770. The number of amides is 1. The molecule has 4 heteroatoms. The van der Waals surface area contributed by atoms with Crippen molar-refractivity contribution in [3.05, 3.63) is 0 Å². The number of ether oxygens (including phenoxy) is 1. The highest BCUT2D eigenvalue weighted by molar-refractivity contribution is 5.68. The van der Waals surface area contributed by atoms with Gasteiger partial charge < -0.3 is 15.4 Å². The molecule has 0 radical (unpaired) electrons. The number of hydrogen-bond donors (Lipinski definition) is 2. The molecular weight excluding hydrogens is 240 g/mol. The van der Waals surface area contributed by atoms with Gasteiger partial charge in [-0.25, -0.2) is 4.79 Å². The van der Waals surface area contributed by atoms with Crippen LogP contribution in [0.25, 0.3) is 0 Å². The average molecular weight is 270 g/mol. The van der Waals surface area contributed by atoms with Crippen LogP contribution in [0.1, 0.15) is 54.4 Å². The van der Waals surface area contributed by atoms with Crippen LogP contribution in [0.15, 0.2) is 0 Å². The van der Waals surface area contributed by atoms with Gasteiger partial charge in [0.25, 0.3) is 0 Å². The lowest BCUT2D eigenvalue weighted by atomic mass is 9.76. The molecule has 1 fully saturated rings. The van der Waals surface area contributed by atoms with Gasteiger partial charge >= 0.3 is 6.09 Å². The number of rotatable bonds is 2. The van der Waals surface area contributed by atoms with Crippen LogP contribution in [0.5, 0.6) is 0 Å². The van der Waals surface area contributed by atoms with E-state index in [0.717, 1.165) is 19.5 Å². The lowest BCUT2D eigenvalue weighted by Gasteiger charge is -2.39. The monoisotopic (exact) mass is 270 g/mol. The minimum absolute atomic E-state index is 0.0284. The maximum atomic E-state index is 12.0. The van der Waals surface area contributed by atoms with Gasteiger partial charge in [0.2, 0.25) is 0 Å². The molecule has 1 aliphatic rings. The lowest BCUT2D eigenvalue weighted by molar-refractivity contribution is 0.0411. The summed E-state index contributed by atoms with van der Waals surface area (Å²) in [4.78, 5) is 12.0. The second-order valence-electron chi connectivity index (χ2n) is 7.60. The molecule has 0 aromatic heterocycles. The van der Waals surface area contributed by atoms with Crippen molar-refractivity contribution in [1.82, 2.24) is 10.6 Å². The van der Waals surface area contributed by atoms with Crippen molar-refractivity contribution in [3.8, 4) is 0 Å². The number of alkyl carbamates (subject to hydrolysis) is 1. The molecule has 1 aliphatic heterocycles. The van der Waals surface area contributed by atoms with E-state index in [0.29, 0.717) is 5.92 Å². The molecule has 1 amide bonds. The largest absolute Gasteiger partial charge is 0.444 e. The highest BCUT2D eigenvalue weighted by atomic mass is 16.6. The third-order valence-corrected chi connectivity index (χ3v) is 3.41. The lowest BCUT2D eigenvalue weighted by Crippen LogP contribution is -2.53. The van der Waals surface area contributed by atoms with Crippen LogP contribution in [0.2, 0.25) is 0 Å². The summed E-state index contributed by atoms with van der Waals surface area (Å²) in [7, 11) is 0. The Morgan fingerprint density at radius 1 is 1.26 bits per heavy atom. The van der Waals surface area contributed by atoms with Gasteiger partial charge in [-0.3, -0.25) is 0 Å². The van der Waals surface area contributed by atoms with Crippen molar-refractivity contribution >= 4 is 6.09 Å². The molecule has 4 nitrogen and oxygen atoms in total. The van der Waals surface area contributed by atoms with Crippen molar-refractivity contribution < 1.29 is 9.53 Å². The van der Waals surface area contributed by atoms with E-state index in [4.69, 9.17) is 4.74 Å². The highest BCUT2D eigenvalue weighted by Gasteiger charge is 2.35. The molecule has 0 spiro atoms. The number of carbonyl (C=O) groups is 1. The third kappa shape index (κ3) is 5.81. The SMILES string of the molecule is CC(C)(C)OC(=O)NC(C1CCCNC1)C(C)(C)C. The van der Waals surface area contributed by atoms with Gasteiger partial charge in [0.05, 0.1) is 0 Å². The second-order valence-corrected chi connectivity index (χ2v) is 7.60. The summed E-state index contributed by atoms with van der Waals surface area (Å²) in [5.41, 5.74) is -0.419. The molecule has 0 aliphatic carbocycles. The summed E-state index contributed by atoms with van der Waals surface area (Å²) < 4.78 is 5.38. The predicted octanol–water partition coefficient (Wildman–Crippen LogP) is 2.93. The quantitative estimate of drug-likeness (QED) is 0.811. The second kappa shape index (κ2) is 6.12. The first-order valence-electron chi connectivity index (χ1n) is 7.30. The maximum absolute atomic E-state index is 12.0. The molecule has 2 atom stereocenters. The van der Waals surface area contributed by atoms with E-state index >= 15 is 0 Å². The van der Waals surface area contributed by atoms with Crippen LogP contribution in [-0.4, -0.2) is 30.8 Å². The van der Waals surface area contributed by atoms with Crippen LogP contribution in [0, 0.1) is 11.3 Å². The highest BCUT2D eigenvalue weighted by Crippen LogP contribution is 2.29. The molecule has 2 N–H and O–H groups in total. The van der Waals surface area contributed by atoms with Crippen LogP contribution >= 0.6 is 0 Å². The summed E-state index contributed by atoms with van der Waals surface area (Å²) >= 11 is 0. The van der Waals surface area contributed by atoms with Crippen LogP contribution in [-0.2, 0) is 4.74 Å². The van der Waals surface area contributed by atoms with Crippen molar-refractivity contribution in [2.45, 2.75) is 66.0 Å². The average Bonchev–Trinajstić information content (AvgIpc) is 2.23. The standard InChI is InChI=1S/C15H30N2O2/c1-14(2,3)12(11-8-7-9-16-10-11)17-13(18)19-15(4,5)6/h11-12,16H,7-10H2,1-6H3,(H,17,18). The first-order valence-corrected chi connectivity index (χ1v) is 7.30. The number of piperidine rings is 1. The summed E-state index contributed by atoms with van der Waals surface area (Å²) in [6.07, 6.45) is 2.02. The smallest absolute Gasteiger partial charge is 0.407 e.